The molecule has 2 aromatic heterocycles. The molecule has 13 nitrogen and oxygen atoms in total. The lowest BCUT2D eigenvalue weighted by Crippen LogP contribution is -2.24. The number of likely N-dealkylation sites (N-methyl/N-ethyl adjacent to an activating group) is 1. The Hall–Kier alpha value is -6.21. The summed E-state index contributed by atoms with van der Waals surface area (Å²) in [6, 6.07) is 20.2. The summed E-state index contributed by atoms with van der Waals surface area (Å²) in [5.74, 6) is -3.15. The molecule has 6 rings (SSSR count). The van der Waals surface area contributed by atoms with E-state index < -0.39 is 35.0 Å². The second kappa shape index (κ2) is 13.6. The number of hydrogen-bond donors (Lipinski definition) is 2. The fourth-order valence-corrected chi connectivity index (χ4v) is 5.37. The van der Waals surface area contributed by atoms with Gasteiger partial charge < -0.3 is 24.2 Å². The lowest BCUT2D eigenvalue weighted by atomic mass is 10.1. The summed E-state index contributed by atoms with van der Waals surface area (Å²) in [6.45, 7) is 1.20. The van der Waals surface area contributed by atoms with Crippen molar-refractivity contribution in [2.75, 3.05) is 20.1 Å². The Kier molecular flexibility index (Phi) is 9.03. The van der Waals surface area contributed by atoms with E-state index in [1.807, 2.05) is 41.3 Å². The smallest absolute Gasteiger partial charge is 0.436 e. The van der Waals surface area contributed by atoms with E-state index in [2.05, 4.69) is 20.1 Å². The van der Waals surface area contributed by atoms with E-state index >= 15 is 8.78 Å². The van der Waals surface area contributed by atoms with Crippen molar-refractivity contribution in [1.29, 1.82) is 5.26 Å². The lowest BCUT2D eigenvalue weighted by Gasteiger charge is -2.19. The largest absolute Gasteiger partial charge is 0.485 e. The zero-order valence-corrected chi connectivity index (χ0v) is 25.7. The standard InChI is InChI=1S/C32H23F2N7O6S/c1-40-12-11-36-28(40)21-14-20(48-30-38-31(42)41(39-30)32(43)44)8-10-23(21)46-27-22(33)16-37-29(26(27)34)47-25-13-19(15-35)7-9-24(25)45-17-18-5-3-2-4-6-18/h2-10,13-14,16H,11-12,17H2,1H3,(H,43,44)(H,38,39,42). The van der Waals surface area contributed by atoms with Gasteiger partial charge in [0.1, 0.15) is 18.2 Å². The number of amidine groups is 1. The Balaban J connectivity index is 1.31. The Morgan fingerprint density at radius 3 is 2.58 bits per heavy atom. The monoisotopic (exact) mass is 671 g/mol. The van der Waals surface area contributed by atoms with Crippen molar-refractivity contribution in [2.45, 2.75) is 16.7 Å². The maximum Gasteiger partial charge on any atom is 0.436 e. The Morgan fingerprint density at radius 2 is 1.88 bits per heavy atom. The zero-order valence-electron chi connectivity index (χ0n) is 24.9. The van der Waals surface area contributed by atoms with Crippen LogP contribution in [0.1, 0.15) is 16.7 Å². The summed E-state index contributed by atoms with van der Waals surface area (Å²) >= 11 is 0.953. The molecule has 16 heteroatoms. The third kappa shape index (κ3) is 6.81. The molecular weight excluding hydrogens is 648 g/mol. The van der Waals surface area contributed by atoms with E-state index in [9.17, 15) is 14.9 Å². The van der Waals surface area contributed by atoms with Crippen LogP contribution in [0.2, 0.25) is 0 Å². The highest BCUT2D eigenvalue weighted by molar-refractivity contribution is 7.99. The zero-order chi connectivity index (χ0) is 33.8. The van der Waals surface area contributed by atoms with Gasteiger partial charge in [-0.1, -0.05) is 30.3 Å². The molecule has 0 saturated heterocycles. The molecule has 3 heterocycles. The van der Waals surface area contributed by atoms with Crippen LogP contribution < -0.4 is 19.9 Å². The summed E-state index contributed by atoms with van der Waals surface area (Å²) in [5.41, 5.74) is 0.492. The summed E-state index contributed by atoms with van der Waals surface area (Å²) in [6.07, 6.45) is -0.808. The Labute approximate surface area is 274 Å². The minimum Gasteiger partial charge on any atom is -0.485 e. The molecule has 0 spiro atoms. The number of H-pyrrole nitrogens is 1. The number of nitrogens with zero attached hydrogens (tertiary/aromatic N) is 6. The first-order valence-electron chi connectivity index (χ1n) is 14.1. The maximum atomic E-state index is 15.9. The molecule has 5 aromatic rings. The van der Waals surface area contributed by atoms with E-state index in [1.54, 1.807) is 13.1 Å². The molecule has 2 N–H and O–H groups in total. The van der Waals surface area contributed by atoms with Crippen LogP contribution in [0, 0.1) is 23.0 Å². The third-order valence-electron chi connectivity index (χ3n) is 6.87. The van der Waals surface area contributed by atoms with Crippen molar-refractivity contribution >= 4 is 23.7 Å². The number of aromatic nitrogens is 4. The number of nitriles is 1. The van der Waals surface area contributed by atoms with Gasteiger partial charge in [0, 0.05) is 24.6 Å². The number of ether oxygens (including phenoxy) is 3. The van der Waals surface area contributed by atoms with Gasteiger partial charge in [-0.25, -0.2) is 19.0 Å². The van der Waals surface area contributed by atoms with Gasteiger partial charge in [-0.15, -0.1) is 9.78 Å². The highest BCUT2D eigenvalue weighted by Gasteiger charge is 2.25. The van der Waals surface area contributed by atoms with Crippen molar-refractivity contribution in [2.24, 2.45) is 4.99 Å². The van der Waals surface area contributed by atoms with Crippen LogP contribution in [0.4, 0.5) is 13.6 Å². The fourth-order valence-electron chi connectivity index (χ4n) is 4.58. The van der Waals surface area contributed by atoms with Gasteiger partial charge in [-0.2, -0.15) is 9.65 Å². The predicted molar refractivity (Wildman–Crippen MR) is 167 cm³/mol. The van der Waals surface area contributed by atoms with Gasteiger partial charge in [-0.3, -0.25) is 9.98 Å². The van der Waals surface area contributed by atoms with Crippen molar-refractivity contribution in [3.63, 3.8) is 0 Å². The average molecular weight is 672 g/mol. The van der Waals surface area contributed by atoms with Gasteiger partial charge in [-0.05, 0) is 47.7 Å². The summed E-state index contributed by atoms with van der Waals surface area (Å²) in [5, 5.41) is 22.3. The fraction of sp³-hybridized carbons (Fsp3) is 0.125. The molecular formula is C32H23F2N7O6S. The Morgan fingerprint density at radius 1 is 1.08 bits per heavy atom. The van der Waals surface area contributed by atoms with Crippen molar-refractivity contribution < 1.29 is 32.9 Å². The van der Waals surface area contributed by atoms with Crippen LogP contribution >= 0.6 is 11.8 Å². The number of benzene rings is 3. The minimum atomic E-state index is -1.55. The van der Waals surface area contributed by atoms with Gasteiger partial charge >= 0.3 is 11.8 Å². The molecule has 242 valence electrons. The highest BCUT2D eigenvalue weighted by atomic mass is 32.2. The summed E-state index contributed by atoms with van der Waals surface area (Å²) < 4.78 is 48.8. The number of pyridine rings is 1. The van der Waals surface area contributed by atoms with Crippen LogP contribution in [0.15, 0.2) is 92.8 Å². The van der Waals surface area contributed by atoms with Gasteiger partial charge in [0.2, 0.25) is 11.6 Å². The van der Waals surface area contributed by atoms with Crippen molar-refractivity contribution in [1.82, 2.24) is 24.6 Å². The summed E-state index contributed by atoms with van der Waals surface area (Å²) in [4.78, 5) is 36.1. The van der Waals surface area contributed by atoms with Crippen molar-refractivity contribution in [3.05, 3.63) is 112 Å². The molecule has 0 atom stereocenters. The second-order valence-corrected chi connectivity index (χ2v) is 11.2. The average Bonchev–Trinajstić information content (AvgIpc) is 3.68. The van der Waals surface area contributed by atoms with E-state index in [0.29, 0.717) is 29.4 Å². The van der Waals surface area contributed by atoms with Crippen LogP contribution in [0.3, 0.4) is 0 Å². The van der Waals surface area contributed by atoms with Crippen LogP contribution in [0.25, 0.3) is 0 Å². The molecule has 0 radical (unpaired) electrons. The number of aromatic amines is 1. The molecule has 0 bridgehead atoms. The number of hydrogen-bond acceptors (Lipinski definition) is 11. The number of nitrogens with one attached hydrogen (secondary N) is 1. The highest BCUT2D eigenvalue weighted by Crippen LogP contribution is 2.39. The first kappa shape index (κ1) is 31.8. The molecule has 0 saturated carbocycles. The SMILES string of the molecule is CN1CCN=C1c1cc(Sc2nn(C(=O)O)c(=O)[nH]2)ccc1Oc1c(F)cnc(Oc2cc(C#N)ccc2OCc2ccccc2)c1F. The molecule has 0 unspecified atom stereocenters. The van der Waals surface area contributed by atoms with Gasteiger partial charge in [0.05, 0.1) is 29.9 Å². The quantitative estimate of drug-likeness (QED) is 0.188. The van der Waals surface area contributed by atoms with Crippen LogP contribution in [0.5, 0.6) is 28.9 Å². The first-order valence-corrected chi connectivity index (χ1v) is 14.9. The van der Waals surface area contributed by atoms with E-state index in [1.165, 1.54) is 30.3 Å². The Bertz CT molecular complexity index is 2150. The summed E-state index contributed by atoms with van der Waals surface area (Å²) in [7, 11) is 1.79. The number of aliphatic imine (C=N–C) groups is 1. The predicted octanol–water partition coefficient (Wildman–Crippen LogP) is 5.65. The van der Waals surface area contributed by atoms with E-state index in [4.69, 9.17) is 19.3 Å². The number of carbonyl (C=O) groups is 1. The number of halogens is 2. The molecule has 1 aliphatic rings. The second-order valence-electron chi connectivity index (χ2n) is 10.1. The third-order valence-corrected chi connectivity index (χ3v) is 7.74. The molecule has 48 heavy (non-hydrogen) atoms. The number of carboxylic acid groups (broad SMARTS) is 1. The maximum absolute atomic E-state index is 15.9. The topological polar surface area (TPSA) is 168 Å². The van der Waals surface area contributed by atoms with Crippen LogP contribution in [-0.2, 0) is 6.61 Å². The molecule has 0 amide bonds. The lowest BCUT2D eigenvalue weighted by molar-refractivity contribution is 0.191. The van der Waals surface area contributed by atoms with E-state index in [0.717, 1.165) is 23.5 Å². The normalized spacial score (nSPS) is 12.4. The van der Waals surface area contributed by atoms with Gasteiger partial charge in [0.25, 0.3) is 5.88 Å². The molecule has 1 aliphatic heterocycles. The molecule has 0 fully saturated rings. The van der Waals surface area contributed by atoms with Crippen molar-refractivity contribution in [3.8, 4) is 34.9 Å². The first-order chi connectivity index (χ1) is 23.2. The van der Waals surface area contributed by atoms with Gasteiger partial charge in [0.15, 0.2) is 22.5 Å². The number of rotatable bonds is 10. The van der Waals surface area contributed by atoms with E-state index in [-0.39, 0.29) is 39.3 Å². The minimum absolute atomic E-state index is 0.00401. The molecule has 0 aliphatic carbocycles. The molecule has 3 aromatic carbocycles. The van der Waals surface area contributed by atoms with Crippen LogP contribution in [-0.4, -0.2) is 61.8 Å².